The van der Waals surface area contributed by atoms with Crippen LogP contribution >= 0.6 is 0 Å². The molecule has 4 nitrogen and oxygen atoms in total. The predicted molar refractivity (Wildman–Crippen MR) is 59.2 cm³/mol. The van der Waals surface area contributed by atoms with E-state index in [4.69, 9.17) is 15.6 Å². The fourth-order valence-corrected chi connectivity index (χ4v) is 2.09. The number of hydrogen-bond donors (Lipinski definition) is 2. The van der Waals surface area contributed by atoms with Gasteiger partial charge in [0.2, 0.25) is 0 Å². The van der Waals surface area contributed by atoms with Crippen molar-refractivity contribution in [1.82, 2.24) is 0 Å². The number of carboxylic acid groups (broad SMARTS) is 1. The molecule has 3 atom stereocenters. The Morgan fingerprint density at radius 1 is 1.31 bits per heavy atom. The van der Waals surface area contributed by atoms with Gasteiger partial charge < -0.3 is 15.6 Å². The third-order valence-electron chi connectivity index (χ3n) is 2.93. The van der Waals surface area contributed by atoms with Crippen LogP contribution < -0.4 is 10.5 Å². The van der Waals surface area contributed by atoms with Gasteiger partial charge in [0.1, 0.15) is 11.9 Å². The molecular formula is C12H15NO3. The normalized spacial score (nSPS) is 28.9. The maximum absolute atomic E-state index is 10.9. The molecule has 0 radical (unpaired) electrons. The number of hydrogen-bond acceptors (Lipinski definition) is 3. The molecule has 16 heavy (non-hydrogen) atoms. The molecular weight excluding hydrogens is 206 g/mol. The molecule has 1 fully saturated rings. The fraction of sp³-hybridized carbons (Fsp3) is 0.417. The smallest absolute Gasteiger partial charge is 0.308 e. The third kappa shape index (κ3) is 2.33. The predicted octanol–water partition coefficient (Wildman–Crippen LogP) is 1.26. The topological polar surface area (TPSA) is 72.5 Å². The van der Waals surface area contributed by atoms with Gasteiger partial charge >= 0.3 is 5.97 Å². The summed E-state index contributed by atoms with van der Waals surface area (Å²) in [7, 11) is 0. The lowest BCUT2D eigenvalue weighted by atomic mass is 10.1. The zero-order valence-electron chi connectivity index (χ0n) is 8.87. The Hall–Kier alpha value is -1.55. The van der Waals surface area contributed by atoms with Gasteiger partial charge in [-0.3, -0.25) is 4.79 Å². The van der Waals surface area contributed by atoms with Crippen molar-refractivity contribution in [3.63, 3.8) is 0 Å². The second-order valence-corrected chi connectivity index (χ2v) is 4.13. The Bertz CT molecular complexity index is 366. The number of benzene rings is 1. The maximum atomic E-state index is 10.9. The number of rotatable bonds is 3. The molecule has 0 amide bonds. The first-order chi connectivity index (χ1) is 7.66. The van der Waals surface area contributed by atoms with Crippen molar-refractivity contribution >= 4 is 5.97 Å². The number of carbonyl (C=O) groups is 1. The lowest BCUT2D eigenvalue weighted by molar-refractivity contribution is -0.142. The van der Waals surface area contributed by atoms with Crippen LogP contribution in [0.15, 0.2) is 30.3 Å². The summed E-state index contributed by atoms with van der Waals surface area (Å²) in [5.41, 5.74) is 5.76. The van der Waals surface area contributed by atoms with Gasteiger partial charge in [0.25, 0.3) is 0 Å². The van der Waals surface area contributed by atoms with E-state index in [1.165, 1.54) is 0 Å². The second kappa shape index (κ2) is 4.53. The molecule has 0 spiro atoms. The van der Waals surface area contributed by atoms with Crippen molar-refractivity contribution in [1.29, 1.82) is 0 Å². The number of ether oxygens (including phenoxy) is 1. The molecule has 0 aromatic heterocycles. The van der Waals surface area contributed by atoms with Crippen LogP contribution in [0.4, 0.5) is 0 Å². The van der Waals surface area contributed by atoms with Crippen LogP contribution in [-0.4, -0.2) is 23.2 Å². The van der Waals surface area contributed by atoms with Crippen molar-refractivity contribution in [2.45, 2.75) is 25.0 Å². The molecule has 2 rings (SSSR count). The van der Waals surface area contributed by atoms with E-state index in [9.17, 15) is 4.79 Å². The highest BCUT2D eigenvalue weighted by Gasteiger charge is 2.37. The van der Waals surface area contributed by atoms with E-state index in [0.29, 0.717) is 12.8 Å². The summed E-state index contributed by atoms with van der Waals surface area (Å²) >= 11 is 0. The molecule has 0 saturated heterocycles. The highest BCUT2D eigenvalue weighted by atomic mass is 16.5. The Morgan fingerprint density at radius 3 is 2.56 bits per heavy atom. The first-order valence-corrected chi connectivity index (χ1v) is 5.37. The van der Waals surface area contributed by atoms with E-state index < -0.39 is 11.9 Å². The standard InChI is InChI=1S/C12H15NO3/c13-11-7-9(6-10(11)12(14)15)16-8-4-2-1-3-5-8/h1-5,9-11H,6-7,13H2,(H,14,15). The molecule has 0 aliphatic heterocycles. The van der Waals surface area contributed by atoms with Gasteiger partial charge in [-0.2, -0.15) is 0 Å². The number of nitrogens with two attached hydrogens (primary N) is 1. The van der Waals surface area contributed by atoms with Crippen molar-refractivity contribution in [3.05, 3.63) is 30.3 Å². The van der Waals surface area contributed by atoms with Gasteiger partial charge in [0.15, 0.2) is 0 Å². The zero-order valence-corrected chi connectivity index (χ0v) is 8.87. The molecule has 4 heteroatoms. The molecule has 3 unspecified atom stereocenters. The number of carboxylic acids is 1. The largest absolute Gasteiger partial charge is 0.490 e. The van der Waals surface area contributed by atoms with E-state index >= 15 is 0 Å². The van der Waals surface area contributed by atoms with Gasteiger partial charge in [0.05, 0.1) is 5.92 Å². The monoisotopic (exact) mass is 221 g/mol. The number of para-hydroxylation sites is 1. The zero-order chi connectivity index (χ0) is 11.5. The SMILES string of the molecule is NC1CC(Oc2ccccc2)CC1C(=O)O. The second-order valence-electron chi connectivity index (χ2n) is 4.13. The molecule has 1 aliphatic rings. The summed E-state index contributed by atoms with van der Waals surface area (Å²) in [6.45, 7) is 0. The minimum atomic E-state index is -0.827. The maximum Gasteiger partial charge on any atom is 0.308 e. The number of aliphatic carboxylic acids is 1. The van der Waals surface area contributed by atoms with Crippen LogP contribution in [0.2, 0.25) is 0 Å². The van der Waals surface area contributed by atoms with Gasteiger partial charge in [-0.15, -0.1) is 0 Å². The summed E-state index contributed by atoms with van der Waals surface area (Å²) in [5, 5.41) is 8.93. The lowest BCUT2D eigenvalue weighted by Gasteiger charge is -2.12. The minimum Gasteiger partial charge on any atom is -0.490 e. The summed E-state index contributed by atoms with van der Waals surface area (Å²) in [6, 6.07) is 9.11. The van der Waals surface area contributed by atoms with E-state index in [-0.39, 0.29) is 12.1 Å². The molecule has 3 N–H and O–H groups in total. The third-order valence-corrected chi connectivity index (χ3v) is 2.93. The first-order valence-electron chi connectivity index (χ1n) is 5.37. The molecule has 1 aromatic carbocycles. The van der Waals surface area contributed by atoms with E-state index in [1.54, 1.807) is 0 Å². The van der Waals surface area contributed by atoms with Crippen LogP contribution in [0.5, 0.6) is 5.75 Å². The minimum absolute atomic E-state index is 0.0847. The quantitative estimate of drug-likeness (QED) is 0.805. The Labute approximate surface area is 94.0 Å². The van der Waals surface area contributed by atoms with Crippen LogP contribution in [0, 0.1) is 5.92 Å². The summed E-state index contributed by atoms with van der Waals surface area (Å²) in [5.74, 6) is -0.536. The van der Waals surface area contributed by atoms with Gasteiger partial charge in [-0.05, 0) is 18.6 Å². The first kappa shape index (κ1) is 11.0. The Balaban J connectivity index is 1.96. The van der Waals surface area contributed by atoms with Crippen molar-refractivity contribution in [2.75, 3.05) is 0 Å². The Morgan fingerprint density at radius 2 is 2.00 bits per heavy atom. The van der Waals surface area contributed by atoms with Gasteiger partial charge in [-0.1, -0.05) is 18.2 Å². The molecule has 1 aromatic rings. The molecule has 1 aliphatic carbocycles. The molecule has 0 heterocycles. The highest BCUT2D eigenvalue weighted by molar-refractivity contribution is 5.71. The highest BCUT2D eigenvalue weighted by Crippen LogP contribution is 2.28. The molecule has 0 bridgehead atoms. The van der Waals surface area contributed by atoms with Crippen molar-refractivity contribution in [3.8, 4) is 5.75 Å². The van der Waals surface area contributed by atoms with Gasteiger partial charge in [-0.25, -0.2) is 0 Å². The summed E-state index contributed by atoms with van der Waals surface area (Å²) < 4.78 is 5.68. The average molecular weight is 221 g/mol. The van der Waals surface area contributed by atoms with Crippen molar-refractivity contribution in [2.24, 2.45) is 11.7 Å². The summed E-state index contributed by atoms with van der Waals surface area (Å²) in [6.07, 6.45) is 1.01. The molecule has 1 saturated carbocycles. The summed E-state index contributed by atoms with van der Waals surface area (Å²) in [4.78, 5) is 10.9. The van der Waals surface area contributed by atoms with Crippen LogP contribution in [0.1, 0.15) is 12.8 Å². The molecule has 86 valence electrons. The average Bonchev–Trinajstić information content (AvgIpc) is 2.61. The van der Waals surface area contributed by atoms with E-state index in [0.717, 1.165) is 5.75 Å². The van der Waals surface area contributed by atoms with Crippen LogP contribution in [0.3, 0.4) is 0 Å². The van der Waals surface area contributed by atoms with E-state index in [2.05, 4.69) is 0 Å². The fourth-order valence-electron chi connectivity index (χ4n) is 2.09. The van der Waals surface area contributed by atoms with Gasteiger partial charge in [0, 0.05) is 12.5 Å². The lowest BCUT2D eigenvalue weighted by Crippen LogP contribution is -2.30. The van der Waals surface area contributed by atoms with Crippen molar-refractivity contribution < 1.29 is 14.6 Å². The van der Waals surface area contributed by atoms with Crippen LogP contribution in [-0.2, 0) is 4.79 Å². The van der Waals surface area contributed by atoms with Crippen LogP contribution in [0.25, 0.3) is 0 Å². The Kier molecular flexibility index (Phi) is 3.10. The van der Waals surface area contributed by atoms with E-state index in [1.807, 2.05) is 30.3 Å².